The van der Waals surface area contributed by atoms with Gasteiger partial charge < -0.3 is 0 Å². The molecular formula is C25H22S2. The van der Waals surface area contributed by atoms with Crippen molar-refractivity contribution in [3.63, 3.8) is 0 Å². The average Bonchev–Trinajstić information content (AvgIpc) is 3.31. The van der Waals surface area contributed by atoms with E-state index >= 15 is 0 Å². The van der Waals surface area contributed by atoms with Crippen LogP contribution in [0.25, 0.3) is 32.0 Å². The number of thiophene rings is 2. The fraction of sp³-hybridized carbons (Fsp3) is 0.200. The van der Waals surface area contributed by atoms with Gasteiger partial charge in [-0.25, -0.2) is 0 Å². The van der Waals surface area contributed by atoms with Crippen molar-refractivity contribution < 1.29 is 0 Å². The Morgan fingerprint density at radius 2 is 1.22 bits per heavy atom. The topological polar surface area (TPSA) is 0 Å². The molecule has 4 aromatic rings. The molecule has 0 bridgehead atoms. The zero-order valence-corrected chi connectivity index (χ0v) is 17.8. The summed E-state index contributed by atoms with van der Waals surface area (Å²) in [4.78, 5) is 2.84. The number of aryl methyl sites for hydroxylation is 2. The lowest BCUT2D eigenvalue weighted by molar-refractivity contribution is 1.26. The standard InChI is InChI=1S/C25H22S2/c1-14-12-26-24(16(14)3)22-10-19-9-18-7-5-6-8-20(18)21(19)11-23(22)25-17(4)15(2)13-27-25/h5-8,10-13H,9H2,1-4H3. The van der Waals surface area contributed by atoms with Crippen molar-refractivity contribution in [2.24, 2.45) is 0 Å². The first-order chi connectivity index (χ1) is 13.0. The summed E-state index contributed by atoms with van der Waals surface area (Å²) in [5.74, 6) is 0. The van der Waals surface area contributed by atoms with E-state index in [-0.39, 0.29) is 0 Å². The van der Waals surface area contributed by atoms with Crippen LogP contribution in [0.3, 0.4) is 0 Å². The molecule has 0 N–H and O–H groups in total. The predicted octanol–water partition coefficient (Wildman–Crippen LogP) is 7.95. The van der Waals surface area contributed by atoms with Crippen LogP contribution in [0.4, 0.5) is 0 Å². The maximum atomic E-state index is 2.47. The number of rotatable bonds is 2. The van der Waals surface area contributed by atoms with Crippen LogP contribution in [0.5, 0.6) is 0 Å². The molecule has 134 valence electrons. The highest BCUT2D eigenvalue weighted by molar-refractivity contribution is 7.15. The molecule has 1 aliphatic rings. The average molecular weight is 387 g/mol. The Balaban J connectivity index is 1.82. The van der Waals surface area contributed by atoms with Crippen LogP contribution in [0, 0.1) is 27.7 Å². The van der Waals surface area contributed by atoms with Gasteiger partial charge >= 0.3 is 0 Å². The fourth-order valence-corrected chi connectivity index (χ4v) is 6.31. The van der Waals surface area contributed by atoms with E-state index < -0.39 is 0 Å². The molecule has 0 amide bonds. The van der Waals surface area contributed by atoms with Gasteiger partial charge in [-0.1, -0.05) is 24.3 Å². The normalized spacial score (nSPS) is 12.3. The first-order valence-corrected chi connectivity index (χ1v) is 11.2. The third-order valence-corrected chi connectivity index (χ3v) is 8.46. The molecule has 1 aliphatic carbocycles. The van der Waals surface area contributed by atoms with Gasteiger partial charge in [0.2, 0.25) is 0 Å². The zero-order valence-electron chi connectivity index (χ0n) is 16.1. The van der Waals surface area contributed by atoms with Crippen molar-refractivity contribution >= 4 is 22.7 Å². The Labute approximate surface area is 169 Å². The Hall–Kier alpha value is -2.16. The lowest BCUT2D eigenvalue weighted by Crippen LogP contribution is -1.90. The lowest BCUT2D eigenvalue weighted by Gasteiger charge is -2.13. The Morgan fingerprint density at radius 3 is 1.81 bits per heavy atom. The first kappa shape index (κ1) is 17.0. The molecule has 5 rings (SSSR count). The molecule has 0 nitrogen and oxygen atoms in total. The lowest BCUT2D eigenvalue weighted by atomic mass is 9.93. The van der Waals surface area contributed by atoms with Gasteiger partial charge in [-0.15, -0.1) is 22.7 Å². The molecule has 0 saturated heterocycles. The van der Waals surface area contributed by atoms with E-state index in [0.29, 0.717) is 0 Å². The number of hydrogen-bond acceptors (Lipinski definition) is 2. The van der Waals surface area contributed by atoms with Gasteiger partial charge in [-0.05, 0) is 102 Å². The monoisotopic (exact) mass is 386 g/mol. The van der Waals surface area contributed by atoms with E-state index in [4.69, 9.17) is 0 Å². The van der Waals surface area contributed by atoms with E-state index in [1.54, 1.807) is 0 Å². The summed E-state index contributed by atoms with van der Waals surface area (Å²) >= 11 is 3.77. The molecule has 0 aliphatic heterocycles. The largest absolute Gasteiger partial charge is 0.143 e. The summed E-state index contributed by atoms with van der Waals surface area (Å²) in [7, 11) is 0. The Bertz CT molecular complexity index is 1190. The molecular weight excluding hydrogens is 364 g/mol. The molecule has 27 heavy (non-hydrogen) atoms. The van der Waals surface area contributed by atoms with Crippen LogP contribution in [0.1, 0.15) is 33.4 Å². The Morgan fingerprint density at radius 1 is 0.630 bits per heavy atom. The number of fused-ring (bicyclic) bond motifs is 3. The molecule has 0 atom stereocenters. The maximum absolute atomic E-state index is 2.47. The third kappa shape index (κ3) is 2.55. The van der Waals surface area contributed by atoms with Gasteiger partial charge in [0.05, 0.1) is 0 Å². The molecule has 0 spiro atoms. The molecule has 0 saturated carbocycles. The second-order valence-corrected chi connectivity index (χ2v) is 9.39. The van der Waals surface area contributed by atoms with Gasteiger partial charge in [0.15, 0.2) is 0 Å². The van der Waals surface area contributed by atoms with E-state index in [9.17, 15) is 0 Å². The van der Waals surface area contributed by atoms with Crippen LogP contribution in [0.2, 0.25) is 0 Å². The smallest absolute Gasteiger partial charge is 0.0381 e. The van der Waals surface area contributed by atoms with Crippen molar-refractivity contribution in [3.8, 4) is 32.0 Å². The highest BCUT2D eigenvalue weighted by Crippen LogP contribution is 2.47. The maximum Gasteiger partial charge on any atom is 0.0381 e. The fourth-order valence-electron chi connectivity index (χ4n) is 4.10. The van der Waals surface area contributed by atoms with Gasteiger partial charge in [0.25, 0.3) is 0 Å². The highest BCUT2D eigenvalue weighted by atomic mass is 32.1. The van der Waals surface area contributed by atoms with Gasteiger partial charge in [0, 0.05) is 20.9 Å². The molecule has 2 aromatic carbocycles. The van der Waals surface area contributed by atoms with E-state index in [2.05, 4.69) is 74.9 Å². The highest BCUT2D eigenvalue weighted by Gasteiger charge is 2.24. The number of benzene rings is 2. The summed E-state index contributed by atoms with van der Waals surface area (Å²) in [6.07, 6.45) is 1.05. The first-order valence-electron chi connectivity index (χ1n) is 9.40. The van der Waals surface area contributed by atoms with Crippen molar-refractivity contribution in [2.45, 2.75) is 34.1 Å². The van der Waals surface area contributed by atoms with E-state index in [0.717, 1.165) is 6.42 Å². The predicted molar refractivity (Wildman–Crippen MR) is 120 cm³/mol. The molecule has 2 heterocycles. The summed E-state index contributed by atoms with van der Waals surface area (Å²) in [6.45, 7) is 8.97. The molecule has 0 radical (unpaired) electrons. The summed E-state index contributed by atoms with van der Waals surface area (Å²) in [6, 6.07) is 13.8. The third-order valence-electron chi connectivity index (χ3n) is 5.99. The van der Waals surface area contributed by atoms with Crippen molar-refractivity contribution in [1.29, 1.82) is 0 Å². The summed E-state index contributed by atoms with van der Waals surface area (Å²) in [5, 5.41) is 4.59. The van der Waals surface area contributed by atoms with Crippen LogP contribution in [0.15, 0.2) is 47.2 Å². The minimum Gasteiger partial charge on any atom is -0.143 e. The molecule has 2 heteroatoms. The Kier molecular flexibility index (Phi) is 3.89. The second kappa shape index (κ2) is 6.19. The second-order valence-electron chi connectivity index (χ2n) is 7.63. The SMILES string of the molecule is Cc1csc(-c2cc3c(cc2-c2scc(C)c2C)-c2ccccc2C3)c1C. The van der Waals surface area contributed by atoms with Crippen LogP contribution in [-0.4, -0.2) is 0 Å². The van der Waals surface area contributed by atoms with Crippen LogP contribution < -0.4 is 0 Å². The van der Waals surface area contributed by atoms with E-state index in [1.165, 1.54) is 65.4 Å². The van der Waals surface area contributed by atoms with Crippen LogP contribution in [-0.2, 0) is 6.42 Å². The molecule has 0 unspecified atom stereocenters. The van der Waals surface area contributed by atoms with Gasteiger partial charge in [0.1, 0.15) is 0 Å². The molecule has 2 aromatic heterocycles. The minimum absolute atomic E-state index is 1.05. The number of hydrogen-bond donors (Lipinski definition) is 0. The van der Waals surface area contributed by atoms with Crippen molar-refractivity contribution in [3.05, 3.63) is 80.5 Å². The minimum atomic E-state index is 1.05. The zero-order chi connectivity index (χ0) is 18.7. The summed E-state index contributed by atoms with van der Waals surface area (Å²) < 4.78 is 0. The van der Waals surface area contributed by atoms with Gasteiger partial charge in [-0.2, -0.15) is 0 Å². The van der Waals surface area contributed by atoms with Gasteiger partial charge in [-0.3, -0.25) is 0 Å². The van der Waals surface area contributed by atoms with Crippen LogP contribution >= 0.6 is 22.7 Å². The summed E-state index contributed by atoms with van der Waals surface area (Å²) in [5.41, 5.74) is 14.2. The van der Waals surface area contributed by atoms with Crippen molar-refractivity contribution in [2.75, 3.05) is 0 Å². The molecule has 0 fully saturated rings. The quantitative estimate of drug-likeness (QED) is 0.289. The van der Waals surface area contributed by atoms with E-state index in [1.807, 2.05) is 22.7 Å². The van der Waals surface area contributed by atoms with Crippen molar-refractivity contribution in [1.82, 2.24) is 0 Å².